The third-order valence-electron chi connectivity index (χ3n) is 4.81. The van der Waals surface area contributed by atoms with Crippen molar-refractivity contribution in [2.75, 3.05) is 13.1 Å². The van der Waals surface area contributed by atoms with Crippen molar-refractivity contribution in [1.29, 1.82) is 0 Å². The Hall–Kier alpha value is -2.18. The van der Waals surface area contributed by atoms with Gasteiger partial charge in [0.25, 0.3) is 0 Å². The van der Waals surface area contributed by atoms with Crippen molar-refractivity contribution in [2.45, 2.75) is 30.7 Å². The Balaban J connectivity index is 1.56. The van der Waals surface area contributed by atoms with Crippen molar-refractivity contribution in [3.8, 4) is 0 Å². The molecule has 1 saturated heterocycles. The molecule has 3 aromatic rings. The van der Waals surface area contributed by atoms with E-state index < -0.39 is 10.0 Å². The van der Waals surface area contributed by atoms with E-state index in [0.29, 0.717) is 24.5 Å². The molecule has 1 aliphatic rings. The molecule has 6 heteroatoms. The van der Waals surface area contributed by atoms with Crippen molar-refractivity contribution in [1.82, 2.24) is 13.9 Å². The van der Waals surface area contributed by atoms with E-state index >= 15 is 0 Å². The van der Waals surface area contributed by atoms with Crippen LogP contribution >= 0.6 is 0 Å². The van der Waals surface area contributed by atoms with E-state index in [-0.39, 0.29) is 0 Å². The highest BCUT2D eigenvalue weighted by molar-refractivity contribution is 7.89. The maximum Gasteiger partial charge on any atom is 0.243 e. The molecule has 0 amide bonds. The van der Waals surface area contributed by atoms with E-state index in [1.807, 2.05) is 30.6 Å². The summed E-state index contributed by atoms with van der Waals surface area (Å²) in [6, 6.07) is 11.3. The largest absolute Gasteiger partial charge is 0.342 e. The summed E-state index contributed by atoms with van der Waals surface area (Å²) in [5, 5.41) is 1.15. The van der Waals surface area contributed by atoms with Crippen molar-refractivity contribution >= 4 is 20.9 Å². The van der Waals surface area contributed by atoms with Crippen LogP contribution in [-0.2, 0) is 16.6 Å². The highest BCUT2D eigenvalue weighted by Gasteiger charge is 2.25. The summed E-state index contributed by atoms with van der Waals surface area (Å²) in [5.74, 6) is 0. The minimum atomic E-state index is -3.36. The van der Waals surface area contributed by atoms with E-state index in [0.717, 1.165) is 35.7 Å². The number of piperidine rings is 1. The normalized spacial score (nSPS) is 16.3. The van der Waals surface area contributed by atoms with Gasteiger partial charge in [-0.05, 0) is 42.7 Å². The molecule has 0 bridgehead atoms. The monoisotopic (exact) mass is 355 g/mol. The number of nitrogens with zero attached hydrogens (tertiary/aromatic N) is 3. The zero-order chi connectivity index (χ0) is 17.3. The van der Waals surface area contributed by atoms with Gasteiger partial charge in [-0.2, -0.15) is 4.31 Å². The minimum absolute atomic E-state index is 0.386. The van der Waals surface area contributed by atoms with Gasteiger partial charge >= 0.3 is 0 Å². The van der Waals surface area contributed by atoms with Crippen molar-refractivity contribution in [2.24, 2.45) is 0 Å². The van der Waals surface area contributed by atoms with E-state index in [2.05, 4.69) is 15.6 Å². The molecule has 0 N–H and O–H groups in total. The fourth-order valence-corrected chi connectivity index (χ4v) is 4.90. The fourth-order valence-electron chi connectivity index (χ4n) is 3.38. The second-order valence-electron chi connectivity index (χ2n) is 6.49. The van der Waals surface area contributed by atoms with Gasteiger partial charge in [-0.25, -0.2) is 8.42 Å². The van der Waals surface area contributed by atoms with Crippen LogP contribution in [0, 0.1) is 0 Å². The Bertz CT molecular complexity index is 971. The lowest BCUT2D eigenvalue weighted by atomic mass is 10.2. The zero-order valence-electron chi connectivity index (χ0n) is 14.0. The molecule has 1 aliphatic heterocycles. The standard InChI is InChI=1S/C19H21N3O2S/c23-25(24,22-11-2-1-3-12-22)18-6-4-16(5-7-18)15-21-13-9-17-8-10-20-14-19(17)21/h4-10,13-14H,1-3,11-12,15H2. The average molecular weight is 355 g/mol. The molecule has 0 unspecified atom stereocenters. The lowest BCUT2D eigenvalue weighted by molar-refractivity contribution is 0.346. The van der Waals surface area contributed by atoms with Crippen LogP contribution in [0.2, 0.25) is 0 Å². The van der Waals surface area contributed by atoms with E-state index in [1.54, 1.807) is 22.6 Å². The predicted molar refractivity (Wildman–Crippen MR) is 97.9 cm³/mol. The van der Waals surface area contributed by atoms with Gasteiger partial charge in [-0.15, -0.1) is 0 Å². The molecule has 0 spiro atoms. The maximum absolute atomic E-state index is 12.7. The highest BCUT2D eigenvalue weighted by Crippen LogP contribution is 2.22. The number of benzene rings is 1. The van der Waals surface area contributed by atoms with Crippen molar-refractivity contribution < 1.29 is 8.42 Å². The minimum Gasteiger partial charge on any atom is -0.342 e. The molecule has 130 valence electrons. The first-order valence-corrected chi connectivity index (χ1v) is 10.1. The highest BCUT2D eigenvalue weighted by atomic mass is 32.2. The number of rotatable bonds is 4. The Morgan fingerprint density at radius 1 is 0.960 bits per heavy atom. The third-order valence-corrected chi connectivity index (χ3v) is 6.72. The summed E-state index contributed by atoms with van der Waals surface area (Å²) in [6.45, 7) is 1.96. The van der Waals surface area contributed by atoms with Gasteiger partial charge in [0.1, 0.15) is 0 Å². The van der Waals surface area contributed by atoms with Crippen LogP contribution in [0.25, 0.3) is 10.9 Å². The molecule has 25 heavy (non-hydrogen) atoms. The van der Waals surface area contributed by atoms with Gasteiger partial charge < -0.3 is 4.57 Å². The molecular weight excluding hydrogens is 334 g/mol. The van der Waals surface area contributed by atoms with Gasteiger partial charge in [0.15, 0.2) is 0 Å². The zero-order valence-corrected chi connectivity index (χ0v) is 14.8. The second-order valence-corrected chi connectivity index (χ2v) is 8.42. The first kappa shape index (κ1) is 16.3. The molecule has 0 aliphatic carbocycles. The molecule has 2 aromatic heterocycles. The number of aromatic nitrogens is 2. The van der Waals surface area contributed by atoms with Crippen LogP contribution < -0.4 is 0 Å². The lowest BCUT2D eigenvalue weighted by Crippen LogP contribution is -2.35. The Morgan fingerprint density at radius 3 is 2.48 bits per heavy atom. The Labute approximate surface area is 148 Å². The van der Waals surface area contributed by atoms with Gasteiger partial charge in [0.05, 0.1) is 16.6 Å². The molecule has 5 nitrogen and oxygen atoms in total. The maximum atomic E-state index is 12.7. The molecule has 4 rings (SSSR count). The molecule has 1 aromatic carbocycles. The molecule has 0 atom stereocenters. The van der Waals surface area contributed by atoms with E-state index in [1.165, 1.54) is 0 Å². The van der Waals surface area contributed by atoms with Gasteiger partial charge in [-0.1, -0.05) is 18.6 Å². The first-order valence-electron chi connectivity index (χ1n) is 8.62. The van der Waals surface area contributed by atoms with Crippen LogP contribution in [0.4, 0.5) is 0 Å². The smallest absolute Gasteiger partial charge is 0.243 e. The predicted octanol–water partition coefficient (Wildman–Crippen LogP) is 3.26. The summed E-state index contributed by atoms with van der Waals surface area (Å²) in [6.07, 6.45) is 8.69. The molecule has 0 saturated carbocycles. The summed E-state index contributed by atoms with van der Waals surface area (Å²) in [5.41, 5.74) is 2.14. The molecular formula is C19H21N3O2S. The van der Waals surface area contributed by atoms with E-state index in [4.69, 9.17) is 0 Å². The van der Waals surface area contributed by atoms with Gasteiger partial charge in [0, 0.05) is 37.4 Å². The van der Waals surface area contributed by atoms with Crippen LogP contribution in [0.3, 0.4) is 0 Å². The van der Waals surface area contributed by atoms with Crippen molar-refractivity contribution in [3.63, 3.8) is 0 Å². The topological polar surface area (TPSA) is 55.2 Å². The fraction of sp³-hybridized carbons (Fsp3) is 0.316. The number of fused-ring (bicyclic) bond motifs is 1. The van der Waals surface area contributed by atoms with Crippen LogP contribution in [-0.4, -0.2) is 35.4 Å². The number of hydrogen-bond donors (Lipinski definition) is 0. The van der Waals surface area contributed by atoms with Crippen LogP contribution in [0.5, 0.6) is 0 Å². The van der Waals surface area contributed by atoms with Gasteiger partial charge in [-0.3, -0.25) is 4.98 Å². The SMILES string of the molecule is O=S(=O)(c1ccc(Cn2ccc3ccncc32)cc1)N1CCCCC1. The van der Waals surface area contributed by atoms with Crippen molar-refractivity contribution in [3.05, 3.63) is 60.6 Å². The molecule has 0 radical (unpaired) electrons. The summed E-state index contributed by atoms with van der Waals surface area (Å²) < 4.78 is 29.1. The quantitative estimate of drug-likeness (QED) is 0.722. The number of hydrogen-bond acceptors (Lipinski definition) is 3. The molecule has 3 heterocycles. The van der Waals surface area contributed by atoms with Crippen LogP contribution in [0.1, 0.15) is 24.8 Å². The first-order chi connectivity index (χ1) is 12.1. The molecule has 1 fully saturated rings. The van der Waals surface area contributed by atoms with Crippen LogP contribution in [0.15, 0.2) is 59.9 Å². The number of pyridine rings is 1. The van der Waals surface area contributed by atoms with Gasteiger partial charge in [0.2, 0.25) is 10.0 Å². The average Bonchev–Trinajstić information content (AvgIpc) is 3.06. The lowest BCUT2D eigenvalue weighted by Gasteiger charge is -2.25. The Kier molecular flexibility index (Phi) is 4.31. The summed E-state index contributed by atoms with van der Waals surface area (Å²) in [7, 11) is -3.36. The Morgan fingerprint density at radius 2 is 1.72 bits per heavy atom. The van der Waals surface area contributed by atoms with E-state index in [9.17, 15) is 8.42 Å². The number of sulfonamides is 1. The third kappa shape index (κ3) is 3.19. The second kappa shape index (κ2) is 6.61. The summed E-state index contributed by atoms with van der Waals surface area (Å²) in [4.78, 5) is 4.57. The summed E-state index contributed by atoms with van der Waals surface area (Å²) >= 11 is 0.